The second-order valence-corrected chi connectivity index (χ2v) is 6.03. The summed E-state index contributed by atoms with van der Waals surface area (Å²) >= 11 is 0. The quantitative estimate of drug-likeness (QED) is 0.694. The number of anilines is 1. The highest BCUT2D eigenvalue weighted by atomic mass is 16.5. The van der Waals surface area contributed by atoms with Crippen molar-refractivity contribution in [3.05, 3.63) is 77.6 Å². The second kappa shape index (κ2) is 6.95. The standard InChI is InChI=1S/C20H18N4O3/c1-2-27-19(26)16-17(13-7-4-3-5-8-13)23-20-21-12-22-24(20)18(16)14-9-6-10-15(25)11-14/h3-12,18,25H,2H2,1H3,(H,21,22,23)/t18-/m1/s1. The lowest BCUT2D eigenvalue weighted by Crippen LogP contribution is -2.30. The van der Waals surface area contributed by atoms with E-state index < -0.39 is 12.0 Å². The van der Waals surface area contributed by atoms with E-state index in [9.17, 15) is 9.90 Å². The van der Waals surface area contributed by atoms with Crippen molar-refractivity contribution in [1.82, 2.24) is 14.8 Å². The third-order valence-corrected chi connectivity index (χ3v) is 4.34. The molecule has 0 fully saturated rings. The van der Waals surface area contributed by atoms with Crippen LogP contribution in [-0.2, 0) is 9.53 Å². The Bertz CT molecular complexity index is 1010. The highest BCUT2D eigenvalue weighted by Gasteiger charge is 2.36. The van der Waals surface area contributed by atoms with Crippen molar-refractivity contribution in [2.24, 2.45) is 0 Å². The molecule has 0 amide bonds. The summed E-state index contributed by atoms with van der Waals surface area (Å²) in [6.45, 7) is 2.02. The fraction of sp³-hybridized carbons (Fsp3) is 0.150. The van der Waals surface area contributed by atoms with Gasteiger partial charge in [0.2, 0.25) is 5.95 Å². The van der Waals surface area contributed by atoms with E-state index >= 15 is 0 Å². The maximum absolute atomic E-state index is 12.9. The van der Waals surface area contributed by atoms with Crippen molar-refractivity contribution in [1.29, 1.82) is 0 Å². The summed E-state index contributed by atoms with van der Waals surface area (Å²) in [5.74, 6) is 0.172. The van der Waals surface area contributed by atoms with Gasteiger partial charge in [0.1, 0.15) is 18.1 Å². The zero-order valence-electron chi connectivity index (χ0n) is 14.7. The average molecular weight is 362 g/mol. The Balaban J connectivity index is 1.97. The van der Waals surface area contributed by atoms with E-state index in [2.05, 4.69) is 15.4 Å². The molecule has 2 N–H and O–H groups in total. The molecular weight excluding hydrogens is 344 g/mol. The molecule has 7 nitrogen and oxygen atoms in total. The molecule has 136 valence electrons. The van der Waals surface area contributed by atoms with Crippen LogP contribution in [0.25, 0.3) is 5.70 Å². The number of carbonyl (C=O) groups excluding carboxylic acids is 1. The fourth-order valence-electron chi connectivity index (χ4n) is 3.22. The van der Waals surface area contributed by atoms with E-state index in [0.29, 0.717) is 22.8 Å². The summed E-state index contributed by atoms with van der Waals surface area (Å²) in [6.07, 6.45) is 1.43. The number of ether oxygens (including phenoxy) is 1. The molecule has 0 spiro atoms. The molecule has 2 heterocycles. The van der Waals surface area contributed by atoms with E-state index in [1.54, 1.807) is 29.8 Å². The lowest BCUT2D eigenvalue weighted by molar-refractivity contribution is -0.138. The van der Waals surface area contributed by atoms with E-state index in [0.717, 1.165) is 5.56 Å². The SMILES string of the molecule is CCOC(=O)C1=C(c2ccccc2)Nc2ncnn2[C@@H]1c1cccc(O)c1. The Morgan fingerprint density at radius 2 is 2.04 bits per heavy atom. The molecule has 1 aromatic heterocycles. The largest absolute Gasteiger partial charge is 0.508 e. The van der Waals surface area contributed by atoms with Crippen LogP contribution in [0.15, 0.2) is 66.5 Å². The summed E-state index contributed by atoms with van der Waals surface area (Å²) in [7, 11) is 0. The third kappa shape index (κ3) is 3.03. The number of aromatic nitrogens is 3. The van der Waals surface area contributed by atoms with Crippen molar-refractivity contribution >= 4 is 17.6 Å². The zero-order chi connectivity index (χ0) is 18.8. The monoisotopic (exact) mass is 362 g/mol. The van der Waals surface area contributed by atoms with Gasteiger partial charge in [0.15, 0.2) is 0 Å². The number of nitrogens with one attached hydrogen (secondary N) is 1. The van der Waals surface area contributed by atoms with Crippen LogP contribution in [0.2, 0.25) is 0 Å². The normalized spacial score (nSPS) is 15.8. The van der Waals surface area contributed by atoms with Gasteiger partial charge >= 0.3 is 5.97 Å². The van der Waals surface area contributed by atoms with Gasteiger partial charge in [-0.2, -0.15) is 10.1 Å². The van der Waals surface area contributed by atoms with Crippen LogP contribution in [-0.4, -0.2) is 32.4 Å². The number of nitrogens with zero attached hydrogens (tertiary/aromatic N) is 3. The van der Waals surface area contributed by atoms with Crippen molar-refractivity contribution in [3.8, 4) is 5.75 Å². The lowest BCUT2D eigenvalue weighted by atomic mass is 9.93. The van der Waals surface area contributed by atoms with E-state index in [4.69, 9.17) is 4.74 Å². The summed E-state index contributed by atoms with van der Waals surface area (Å²) in [5.41, 5.74) is 2.56. The van der Waals surface area contributed by atoms with E-state index in [-0.39, 0.29) is 12.4 Å². The van der Waals surface area contributed by atoms with Gasteiger partial charge in [0, 0.05) is 0 Å². The van der Waals surface area contributed by atoms with Gasteiger partial charge < -0.3 is 15.2 Å². The second-order valence-electron chi connectivity index (χ2n) is 6.03. The molecule has 1 aliphatic heterocycles. The van der Waals surface area contributed by atoms with Crippen LogP contribution in [0.4, 0.5) is 5.95 Å². The van der Waals surface area contributed by atoms with Gasteiger partial charge in [-0.3, -0.25) is 0 Å². The first kappa shape index (κ1) is 16.8. The van der Waals surface area contributed by atoms with Crippen LogP contribution in [0.5, 0.6) is 5.75 Å². The van der Waals surface area contributed by atoms with Crippen LogP contribution < -0.4 is 5.32 Å². The van der Waals surface area contributed by atoms with Crippen LogP contribution in [0.3, 0.4) is 0 Å². The number of hydrogen-bond acceptors (Lipinski definition) is 6. The number of hydrogen-bond donors (Lipinski definition) is 2. The maximum atomic E-state index is 12.9. The van der Waals surface area contributed by atoms with Gasteiger partial charge in [-0.25, -0.2) is 9.48 Å². The summed E-state index contributed by atoms with van der Waals surface area (Å²) in [5, 5.41) is 17.4. The molecule has 27 heavy (non-hydrogen) atoms. The topological polar surface area (TPSA) is 89.3 Å². The van der Waals surface area contributed by atoms with Crippen molar-refractivity contribution < 1.29 is 14.6 Å². The zero-order valence-corrected chi connectivity index (χ0v) is 14.7. The molecule has 0 bridgehead atoms. The van der Waals surface area contributed by atoms with Crippen LogP contribution in [0.1, 0.15) is 24.1 Å². The Morgan fingerprint density at radius 1 is 1.22 bits per heavy atom. The summed E-state index contributed by atoms with van der Waals surface area (Å²) in [4.78, 5) is 17.2. The molecule has 2 aromatic carbocycles. The van der Waals surface area contributed by atoms with Gasteiger partial charge in [-0.05, 0) is 30.2 Å². The number of esters is 1. The van der Waals surface area contributed by atoms with Crippen LogP contribution in [0, 0.1) is 0 Å². The number of phenolic OH excluding ortho intramolecular Hbond substituents is 1. The number of aromatic hydroxyl groups is 1. The predicted octanol–water partition coefficient (Wildman–Crippen LogP) is 2.97. The van der Waals surface area contributed by atoms with Crippen molar-refractivity contribution in [2.75, 3.05) is 11.9 Å². The predicted molar refractivity (Wildman–Crippen MR) is 99.9 cm³/mol. The Hall–Kier alpha value is -3.61. The Kier molecular flexibility index (Phi) is 4.33. The van der Waals surface area contributed by atoms with Gasteiger partial charge in [0.25, 0.3) is 0 Å². The van der Waals surface area contributed by atoms with Crippen molar-refractivity contribution in [3.63, 3.8) is 0 Å². The first-order valence-corrected chi connectivity index (χ1v) is 8.61. The van der Waals surface area contributed by atoms with E-state index in [1.165, 1.54) is 6.33 Å². The Labute approximate surface area is 155 Å². The molecule has 0 radical (unpaired) electrons. The molecule has 0 aliphatic carbocycles. The molecule has 0 unspecified atom stereocenters. The number of fused-ring (bicyclic) bond motifs is 1. The van der Waals surface area contributed by atoms with Crippen LogP contribution >= 0.6 is 0 Å². The van der Waals surface area contributed by atoms with Gasteiger partial charge in [-0.1, -0.05) is 42.5 Å². The molecule has 1 atom stereocenters. The highest BCUT2D eigenvalue weighted by Crippen LogP contribution is 2.39. The highest BCUT2D eigenvalue weighted by molar-refractivity contribution is 6.02. The number of benzene rings is 2. The first-order valence-electron chi connectivity index (χ1n) is 8.61. The summed E-state index contributed by atoms with van der Waals surface area (Å²) < 4.78 is 6.96. The molecule has 1 aliphatic rings. The minimum atomic E-state index is -0.579. The minimum Gasteiger partial charge on any atom is -0.508 e. The molecule has 3 aromatic rings. The maximum Gasteiger partial charge on any atom is 0.338 e. The Morgan fingerprint density at radius 3 is 2.78 bits per heavy atom. The van der Waals surface area contributed by atoms with Crippen molar-refractivity contribution in [2.45, 2.75) is 13.0 Å². The molecule has 7 heteroatoms. The smallest absolute Gasteiger partial charge is 0.338 e. The molecule has 4 rings (SSSR count). The fourth-order valence-corrected chi connectivity index (χ4v) is 3.22. The van der Waals surface area contributed by atoms with E-state index in [1.807, 2.05) is 36.4 Å². The molecular formula is C20H18N4O3. The average Bonchev–Trinajstić information content (AvgIpc) is 3.15. The van der Waals surface area contributed by atoms with Gasteiger partial charge in [-0.15, -0.1) is 0 Å². The van der Waals surface area contributed by atoms with Gasteiger partial charge in [0.05, 0.1) is 17.9 Å². The first-order chi connectivity index (χ1) is 13.2. The number of carbonyl (C=O) groups is 1. The minimum absolute atomic E-state index is 0.108. The molecule has 0 saturated carbocycles. The number of rotatable bonds is 4. The third-order valence-electron chi connectivity index (χ3n) is 4.34. The number of phenols is 1. The summed E-state index contributed by atoms with van der Waals surface area (Å²) in [6, 6.07) is 15.7. The molecule has 0 saturated heterocycles. The lowest BCUT2D eigenvalue weighted by Gasteiger charge is -2.29.